The van der Waals surface area contributed by atoms with Crippen LogP contribution in [0.2, 0.25) is 5.02 Å². The maximum atomic E-state index is 12.3. The van der Waals surface area contributed by atoms with Crippen molar-refractivity contribution < 1.29 is 9.59 Å². The van der Waals surface area contributed by atoms with Crippen molar-refractivity contribution in [3.8, 4) is 0 Å². The molecule has 1 atom stereocenters. The first-order valence-corrected chi connectivity index (χ1v) is 8.27. The molecule has 0 aliphatic rings. The number of benzene rings is 2. The second-order valence-corrected chi connectivity index (χ2v) is 6.21. The molecule has 0 saturated heterocycles. The summed E-state index contributed by atoms with van der Waals surface area (Å²) in [5.74, 6) is -0.362. The van der Waals surface area contributed by atoms with Crippen LogP contribution in [0.3, 0.4) is 0 Å². The molecule has 0 bridgehead atoms. The van der Waals surface area contributed by atoms with Gasteiger partial charge in [-0.25, -0.2) is 0 Å². The molecule has 0 spiro atoms. The Morgan fingerprint density at radius 3 is 2.17 bits per heavy atom. The standard InChI is InChI=1S/C19H21ClN2O2/c1-4-13(3)21-18(23)14-5-7-15(8-6-14)19(24)22-17-10-9-16(20)11-12(17)2/h5-11,13H,4H2,1-3H3,(H,21,23)(H,22,24). The molecule has 24 heavy (non-hydrogen) atoms. The number of halogens is 1. The van der Waals surface area contributed by atoms with Gasteiger partial charge < -0.3 is 10.6 Å². The Balaban J connectivity index is 2.07. The Kier molecular flexibility index (Phi) is 5.99. The zero-order valence-corrected chi connectivity index (χ0v) is 14.8. The number of rotatable bonds is 5. The highest BCUT2D eigenvalue weighted by Gasteiger charge is 2.11. The van der Waals surface area contributed by atoms with E-state index in [1.165, 1.54) is 0 Å². The Bertz CT molecular complexity index is 742. The molecule has 126 valence electrons. The summed E-state index contributed by atoms with van der Waals surface area (Å²) in [5, 5.41) is 6.37. The molecule has 0 saturated carbocycles. The van der Waals surface area contributed by atoms with E-state index in [2.05, 4.69) is 10.6 Å². The van der Waals surface area contributed by atoms with Crippen LogP contribution in [0.25, 0.3) is 0 Å². The van der Waals surface area contributed by atoms with E-state index >= 15 is 0 Å². The van der Waals surface area contributed by atoms with Gasteiger partial charge >= 0.3 is 0 Å². The van der Waals surface area contributed by atoms with Crippen LogP contribution in [0.5, 0.6) is 0 Å². The number of carbonyl (C=O) groups excluding carboxylic acids is 2. The van der Waals surface area contributed by atoms with E-state index in [0.29, 0.717) is 21.8 Å². The highest BCUT2D eigenvalue weighted by atomic mass is 35.5. The van der Waals surface area contributed by atoms with Gasteiger partial charge in [-0.3, -0.25) is 9.59 Å². The molecule has 0 radical (unpaired) electrons. The first kappa shape index (κ1) is 18.0. The van der Waals surface area contributed by atoms with Gasteiger partial charge in [-0.05, 0) is 68.3 Å². The van der Waals surface area contributed by atoms with Gasteiger partial charge in [0.05, 0.1) is 0 Å². The maximum absolute atomic E-state index is 12.3. The highest BCUT2D eigenvalue weighted by molar-refractivity contribution is 6.30. The molecule has 2 rings (SSSR count). The van der Waals surface area contributed by atoms with E-state index in [1.807, 2.05) is 20.8 Å². The third kappa shape index (κ3) is 4.59. The van der Waals surface area contributed by atoms with Crippen LogP contribution in [0.4, 0.5) is 5.69 Å². The SMILES string of the molecule is CCC(C)NC(=O)c1ccc(C(=O)Nc2ccc(Cl)cc2C)cc1. The van der Waals surface area contributed by atoms with E-state index in [-0.39, 0.29) is 17.9 Å². The number of anilines is 1. The number of amides is 2. The lowest BCUT2D eigenvalue weighted by Crippen LogP contribution is -2.31. The molecular formula is C19H21ClN2O2. The zero-order chi connectivity index (χ0) is 17.7. The van der Waals surface area contributed by atoms with E-state index in [1.54, 1.807) is 42.5 Å². The van der Waals surface area contributed by atoms with Gasteiger partial charge in [0.15, 0.2) is 0 Å². The third-order valence-electron chi connectivity index (χ3n) is 3.84. The van der Waals surface area contributed by atoms with Crippen molar-refractivity contribution in [2.45, 2.75) is 33.2 Å². The quantitative estimate of drug-likeness (QED) is 0.843. The summed E-state index contributed by atoms with van der Waals surface area (Å²) in [6, 6.07) is 12.0. The van der Waals surface area contributed by atoms with Crippen molar-refractivity contribution in [3.63, 3.8) is 0 Å². The third-order valence-corrected chi connectivity index (χ3v) is 4.07. The van der Waals surface area contributed by atoms with Gasteiger partial charge in [-0.2, -0.15) is 0 Å². The second-order valence-electron chi connectivity index (χ2n) is 5.77. The summed E-state index contributed by atoms with van der Waals surface area (Å²) in [7, 11) is 0. The summed E-state index contributed by atoms with van der Waals surface area (Å²) in [5.41, 5.74) is 2.63. The smallest absolute Gasteiger partial charge is 0.255 e. The Morgan fingerprint density at radius 2 is 1.62 bits per heavy atom. The predicted molar refractivity (Wildman–Crippen MR) is 97.8 cm³/mol. The van der Waals surface area contributed by atoms with Gasteiger partial charge in [-0.15, -0.1) is 0 Å². The van der Waals surface area contributed by atoms with Crippen LogP contribution in [0, 0.1) is 6.92 Å². The summed E-state index contributed by atoms with van der Waals surface area (Å²) in [4.78, 5) is 24.4. The van der Waals surface area contributed by atoms with Gasteiger partial charge in [0, 0.05) is 27.9 Å². The fraction of sp³-hybridized carbons (Fsp3) is 0.263. The van der Waals surface area contributed by atoms with Crippen molar-refractivity contribution in [1.29, 1.82) is 0 Å². The molecule has 2 amide bonds. The van der Waals surface area contributed by atoms with Crippen molar-refractivity contribution in [2.75, 3.05) is 5.32 Å². The van der Waals surface area contributed by atoms with E-state index in [0.717, 1.165) is 12.0 Å². The highest BCUT2D eigenvalue weighted by Crippen LogP contribution is 2.20. The van der Waals surface area contributed by atoms with E-state index in [9.17, 15) is 9.59 Å². The van der Waals surface area contributed by atoms with Crippen LogP contribution in [0.1, 0.15) is 46.5 Å². The summed E-state index contributed by atoms with van der Waals surface area (Å²) in [6.07, 6.45) is 0.868. The fourth-order valence-corrected chi connectivity index (χ4v) is 2.37. The topological polar surface area (TPSA) is 58.2 Å². The van der Waals surface area contributed by atoms with Gasteiger partial charge in [0.1, 0.15) is 0 Å². The number of hydrogen-bond acceptors (Lipinski definition) is 2. The first-order valence-electron chi connectivity index (χ1n) is 7.89. The molecule has 5 heteroatoms. The minimum absolute atomic E-state index is 0.119. The van der Waals surface area contributed by atoms with Crippen molar-refractivity contribution in [2.24, 2.45) is 0 Å². The number of nitrogens with one attached hydrogen (secondary N) is 2. The van der Waals surface area contributed by atoms with E-state index < -0.39 is 0 Å². The minimum Gasteiger partial charge on any atom is -0.350 e. The lowest BCUT2D eigenvalue weighted by Gasteiger charge is -2.12. The van der Waals surface area contributed by atoms with Crippen LogP contribution >= 0.6 is 11.6 Å². The Hall–Kier alpha value is -2.33. The van der Waals surface area contributed by atoms with Crippen LogP contribution in [-0.2, 0) is 0 Å². The van der Waals surface area contributed by atoms with Gasteiger partial charge in [0.2, 0.25) is 0 Å². The zero-order valence-electron chi connectivity index (χ0n) is 14.0. The lowest BCUT2D eigenvalue weighted by molar-refractivity contribution is 0.0937. The van der Waals surface area contributed by atoms with Crippen molar-refractivity contribution >= 4 is 29.1 Å². The number of hydrogen-bond donors (Lipinski definition) is 2. The van der Waals surface area contributed by atoms with Crippen molar-refractivity contribution in [3.05, 3.63) is 64.2 Å². The Morgan fingerprint density at radius 1 is 1.04 bits per heavy atom. The van der Waals surface area contributed by atoms with Crippen LogP contribution in [-0.4, -0.2) is 17.9 Å². The minimum atomic E-state index is -0.227. The molecule has 4 nitrogen and oxygen atoms in total. The van der Waals surface area contributed by atoms with Crippen LogP contribution < -0.4 is 10.6 Å². The monoisotopic (exact) mass is 344 g/mol. The average molecular weight is 345 g/mol. The fourth-order valence-electron chi connectivity index (χ4n) is 2.14. The van der Waals surface area contributed by atoms with Crippen LogP contribution in [0.15, 0.2) is 42.5 Å². The molecular weight excluding hydrogens is 324 g/mol. The molecule has 0 fully saturated rings. The second kappa shape index (κ2) is 7.97. The summed E-state index contributed by atoms with van der Waals surface area (Å²) >= 11 is 5.91. The number of aryl methyl sites for hydroxylation is 1. The number of carbonyl (C=O) groups is 2. The summed E-state index contributed by atoms with van der Waals surface area (Å²) < 4.78 is 0. The van der Waals surface area contributed by atoms with Gasteiger partial charge in [0.25, 0.3) is 11.8 Å². The molecule has 2 aromatic carbocycles. The molecule has 2 aromatic rings. The van der Waals surface area contributed by atoms with Crippen molar-refractivity contribution in [1.82, 2.24) is 5.32 Å². The van der Waals surface area contributed by atoms with Gasteiger partial charge in [-0.1, -0.05) is 18.5 Å². The molecule has 0 aliphatic heterocycles. The largest absolute Gasteiger partial charge is 0.350 e. The summed E-state index contributed by atoms with van der Waals surface area (Å²) in [6.45, 7) is 5.84. The molecule has 0 aliphatic carbocycles. The molecule has 0 aromatic heterocycles. The average Bonchev–Trinajstić information content (AvgIpc) is 2.57. The molecule has 1 unspecified atom stereocenters. The lowest BCUT2D eigenvalue weighted by atomic mass is 10.1. The Labute approximate surface area is 147 Å². The van der Waals surface area contributed by atoms with E-state index in [4.69, 9.17) is 11.6 Å². The predicted octanol–water partition coefficient (Wildman–Crippen LogP) is 4.43. The molecule has 2 N–H and O–H groups in total. The normalized spacial score (nSPS) is 11.7. The molecule has 0 heterocycles. The maximum Gasteiger partial charge on any atom is 0.255 e. The first-order chi connectivity index (χ1) is 11.4.